The Bertz CT molecular complexity index is 555. The van der Waals surface area contributed by atoms with Crippen molar-refractivity contribution in [3.8, 4) is 11.1 Å². The van der Waals surface area contributed by atoms with Crippen LogP contribution in [-0.4, -0.2) is 11.8 Å². The molecule has 0 saturated heterocycles. The van der Waals surface area contributed by atoms with Crippen LogP contribution < -0.4 is 5.32 Å². The maximum absolute atomic E-state index is 11.4. The molecule has 2 nitrogen and oxygen atoms in total. The number of hydrogen-bond acceptors (Lipinski definition) is 1. The maximum atomic E-state index is 11.4. The van der Waals surface area contributed by atoms with Gasteiger partial charge in [0.15, 0.2) is 0 Å². The van der Waals surface area contributed by atoms with E-state index in [2.05, 4.69) is 5.32 Å². The summed E-state index contributed by atoms with van der Waals surface area (Å²) in [5.41, 5.74) is 2.46. The summed E-state index contributed by atoms with van der Waals surface area (Å²) in [4.78, 5) is 11.4. The maximum Gasteiger partial charge on any atom is 0.239 e. The Morgan fingerprint density at radius 1 is 1.06 bits per heavy atom. The van der Waals surface area contributed by atoms with E-state index >= 15 is 0 Å². The van der Waals surface area contributed by atoms with Gasteiger partial charge in [-0.1, -0.05) is 54.1 Å². The molecule has 1 amide bonds. The predicted octanol–water partition coefficient (Wildman–Crippen LogP) is 4.18. The lowest BCUT2D eigenvalue weighted by Crippen LogP contribution is -2.13. The lowest BCUT2D eigenvalue weighted by atomic mass is 10.0. The number of carbonyl (C=O) groups is 1. The highest BCUT2D eigenvalue weighted by atomic mass is 35.5. The Labute approximate surface area is 116 Å². The van der Waals surface area contributed by atoms with Gasteiger partial charge in [-0.25, -0.2) is 0 Å². The average molecular weight is 280 g/mol. The summed E-state index contributed by atoms with van der Waals surface area (Å²) in [6.07, 6.45) is 0. The molecule has 92 valence electrons. The van der Waals surface area contributed by atoms with E-state index in [9.17, 15) is 4.79 Å². The van der Waals surface area contributed by atoms with Crippen molar-refractivity contribution in [1.82, 2.24) is 0 Å². The molecule has 0 aliphatic carbocycles. The van der Waals surface area contributed by atoms with Crippen molar-refractivity contribution in [3.05, 3.63) is 53.6 Å². The van der Waals surface area contributed by atoms with Crippen LogP contribution in [0, 0.1) is 0 Å². The summed E-state index contributed by atoms with van der Waals surface area (Å²) < 4.78 is 0. The molecule has 1 N–H and O–H groups in total. The quantitative estimate of drug-likeness (QED) is 0.839. The molecule has 0 aromatic heterocycles. The van der Waals surface area contributed by atoms with Gasteiger partial charge in [-0.05, 0) is 11.6 Å². The van der Waals surface area contributed by atoms with Gasteiger partial charge in [0.25, 0.3) is 0 Å². The van der Waals surface area contributed by atoms with E-state index in [0.717, 1.165) is 11.1 Å². The standard InChI is InChI=1S/C14H11Cl2NO/c15-9-13(18)17-14-11(7-4-8-12(14)16)10-5-2-1-3-6-10/h1-8H,9H2,(H,17,18). The van der Waals surface area contributed by atoms with Gasteiger partial charge in [0.05, 0.1) is 10.7 Å². The van der Waals surface area contributed by atoms with E-state index in [1.165, 1.54) is 0 Å². The van der Waals surface area contributed by atoms with Gasteiger partial charge in [0, 0.05) is 5.56 Å². The first-order valence-corrected chi connectivity index (χ1v) is 6.33. The first-order valence-electron chi connectivity index (χ1n) is 5.42. The van der Waals surface area contributed by atoms with E-state index in [1.807, 2.05) is 42.5 Å². The number of benzene rings is 2. The number of anilines is 1. The van der Waals surface area contributed by atoms with Crippen molar-refractivity contribution in [2.75, 3.05) is 11.2 Å². The van der Waals surface area contributed by atoms with Crippen LogP contribution in [0.2, 0.25) is 5.02 Å². The predicted molar refractivity (Wildman–Crippen MR) is 76.2 cm³/mol. The molecule has 2 aromatic rings. The van der Waals surface area contributed by atoms with Crippen LogP contribution in [0.25, 0.3) is 11.1 Å². The summed E-state index contributed by atoms with van der Waals surface area (Å²) in [5.74, 6) is -0.374. The second-order valence-electron chi connectivity index (χ2n) is 3.71. The molecule has 4 heteroatoms. The fourth-order valence-electron chi connectivity index (χ4n) is 1.68. The summed E-state index contributed by atoms with van der Waals surface area (Å²) >= 11 is 11.6. The highest BCUT2D eigenvalue weighted by molar-refractivity contribution is 6.35. The van der Waals surface area contributed by atoms with Gasteiger partial charge >= 0.3 is 0 Å². The molecule has 0 spiro atoms. The zero-order chi connectivity index (χ0) is 13.0. The van der Waals surface area contributed by atoms with E-state index in [1.54, 1.807) is 6.07 Å². The number of carbonyl (C=O) groups excluding carboxylic acids is 1. The molecule has 0 aliphatic heterocycles. The van der Waals surface area contributed by atoms with Crippen molar-refractivity contribution in [2.24, 2.45) is 0 Å². The second kappa shape index (κ2) is 5.89. The van der Waals surface area contributed by atoms with Gasteiger partial charge in [-0.15, -0.1) is 11.6 Å². The minimum absolute atomic E-state index is 0.0978. The molecule has 18 heavy (non-hydrogen) atoms. The Balaban J connectivity index is 2.48. The molecule has 2 rings (SSSR count). The zero-order valence-electron chi connectivity index (χ0n) is 9.49. The minimum Gasteiger partial charge on any atom is -0.323 e. The van der Waals surface area contributed by atoms with Crippen molar-refractivity contribution in [3.63, 3.8) is 0 Å². The second-order valence-corrected chi connectivity index (χ2v) is 4.38. The Morgan fingerprint density at radius 2 is 1.78 bits per heavy atom. The molecule has 0 unspecified atom stereocenters. The molecule has 0 atom stereocenters. The smallest absolute Gasteiger partial charge is 0.239 e. The highest BCUT2D eigenvalue weighted by Gasteiger charge is 2.11. The fraction of sp³-hybridized carbons (Fsp3) is 0.0714. The molecular weight excluding hydrogens is 269 g/mol. The third-order valence-electron chi connectivity index (χ3n) is 2.48. The Kier molecular flexibility index (Phi) is 4.24. The largest absolute Gasteiger partial charge is 0.323 e. The van der Waals surface area contributed by atoms with Crippen molar-refractivity contribution in [2.45, 2.75) is 0 Å². The van der Waals surface area contributed by atoms with Crippen LogP contribution in [0.1, 0.15) is 0 Å². The summed E-state index contributed by atoms with van der Waals surface area (Å²) in [5, 5.41) is 3.22. The summed E-state index contributed by atoms with van der Waals surface area (Å²) in [6.45, 7) is 0. The molecule has 0 fully saturated rings. The lowest BCUT2D eigenvalue weighted by Gasteiger charge is -2.12. The Hall–Kier alpha value is -1.51. The number of alkyl halides is 1. The normalized spacial score (nSPS) is 10.1. The third kappa shape index (κ3) is 2.84. The van der Waals surface area contributed by atoms with Crippen LogP contribution in [0.3, 0.4) is 0 Å². The molecule has 0 bridgehead atoms. The van der Waals surface area contributed by atoms with Crippen LogP contribution in [0.5, 0.6) is 0 Å². The summed E-state index contributed by atoms with van der Waals surface area (Å²) in [7, 11) is 0. The van der Waals surface area contributed by atoms with E-state index in [-0.39, 0.29) is 11.8 Å². The van der Waals surface area contributed by atoms with E-state index in [4.69, 9.17) is 23.2 Å². The molecular formula is C14H11Cl2NO. The van der Waals surface area contributed by atoms with Gasteiger partial charge in [-0.2, -0.15) is 0 Å². The van der Waals surface area contributed by atoms with Gasteiger partial charge in [0.1, 0.15) is 5.88 Å². The third-order valence-corrected chi connectivity index (χ3v) is 3.04. The minimum atomic E-state index is -0.276. The first-order chi connectivity index (χ1) is 8.72. The van der Waals surface area contributed by atoms with Gasteiger partial charge in [0.2, 0.25) is 5.91 Å². The summed E-state index contributed by atoms with van der Waals surface area (Å²) in [6, 6.07) is 15.2. The zero-order valence-corrected chi connectivity index (χ0v) is 11.0. The van der Waals surface area contributed by atoms with Crippen molar-refractivity contribution >= 4 is 34.8 Å². The number of halogens is 2. The van der Waals surface area contributed by atoms with Crippen LogP contribution >= 0.6 is 23.2 Å². The van der Waals surface area contributed by atoms with Crippen LogP contribution in [0.4, 0.5) is 5.69 Å². The van der Waals surface area contributed by atoms with Gasteiger partial charge < -0.3 is 5.32 Å². The number of para-hydroxylation sites is 1. The number of nitrogens with one attached hydrogen (secondary N) is 1. The monoisotopic (exact) mass is 279 g/mol. The molecule has 2 aromatic carbocycles. The van der Waals surface area contributed by atoms with E-state index in [0.29, 0.717) is 10.7 Å². The van der Waals surface area contributed by atoms with Gasteiger partial charge in [-0.3, -0.25) is 4.79 Å². The molecule has 0 aliphatic rings. The topological polar surface area (TPSA) is 29.1 Å². The first kappa shape index (κ1) is 12.9. The molecule has 0 heterocycles. The van der Waals surface area contributed by atoms with E-state index < -0.39 is 0 Å². The van der Waals surface area contributed by atoms with Crippen LogP contribution in [0.15, 0.2) is 48.5 Å². The van der Waals surface area contributed by atoms with Crippen LogP contribution in [-0.2, 0) is 4.79 Å². The fourth-order valence-corrected chi connectivity index (χ4v) is 1.97. The number of amides is 1. The molecule has 0 saturated carbocycles. The average Bonchev–Trinajstić information content (AvgIpc) is 2.42. The SMILES string of the molecule is O=C(CCl)Nc1c(Cl)cccc1-c1ccccc1. The Morgan fingerprint density at radius 3 is 2.44 bits per heavy atom. The van der Waals surface area contributed by atoms with Crippen molar-refractivity contribution < 1.29 is 4.79 Å². The number of rotatable bonds is 3. The molecule has 0 radical (unpaired) electrons. The van der Waals surface area contributed by atoms with Crippen molar-refractivity contribution in [1.29, 1.82) is 0 Å². The lowest BCUT2D eigenvalue weighted by molar-refractivity contribution is -0.113. The number of hydrogen-bond donors (Lipinski definition) is 1. The highest BCUT2D eigenvalue weighted by Crippen LogP contribution is 2.33.